The van der Waals surface area contributed by atoms with Crippen LogP contribution in [0.1, 0.15) is 19.2 Å². The number of imidazole rings is 1. The summed E-state index contributed by atoms with van der Waals surface area (Å²) in [5.41, 5.74) is 0.949. The second-order valence-corrected chi connectivity index (χ2v) is 4.96. The van der Waals surface area contributed by atoms with Gasteiger partial charge in [0.1, 0.15) is 5.82 Å². The van der Waals surface area contributed by atoms with E-state index in [2.05, 4.69) is 31.9 Å². The third kappa shape index (κ3) is 3.33. The summed E-state index contributed by atoms with van der Waals surface area (Å²) in [6, 6.07) is 10.2. The van der Waals surface area contributed by atoms with Gasteiger partial charge in [0.05, 0.1) is 0 Å². The summed E-state index contributed by atoms with van der Waals surface area (Å²) in [5, 5.41) is 7.14. The fourth-order valence-electron chi connectivity index (χ4n) is 2.30. The van der Waals surface area contributed by atoms with Crippen molar-refractivity contribution in [3.05, 3.63) is 48.5 Å². The molecule has 3 aromatic rings. The molecule has 1 aromatic carbocycles. The first-order valence-electron chi connectivity index (χ1n) is 7.50. The van der Waals surface area contributed by atoms with Crippen LogP contribution in [0.25, 0.3) is 11.4 Å². The summed E-state index contributed by atoms with van der Waals surface area (Å²) in [4.78, 5) is 8.65. The minimum Gasteiger partial charge on any atom is -0.338 e. The second kappa shape index (κ2) is 6.89. The van der Waals surface area contributed by atoms with Crippen molar-refractivity contribution < 1.29 is 4.52 Å². The monoisotopic (exact) mass is 297 g/mol. The fourth-order valence-corrected chi connectivity index (χ4v) is 2.30. The molecule has 0 radical (unpaired) electrons. The van der Waals surface area contributed by atoms with E-state index in [0.29, 0.717) is 11.8 Å². The molecule has 6 heteroatoms. The molecule has 3 rings (SSSR count). The molecule has 1 N–H and O–H groups in total. The predicted octanol–water partition coefficient (Wildman–Crippen LogP) is 3.00. The predicted molar refractivity (Wildman–Crippen MR) is 84.4 cm³/mol. The van der Waals surface area contributed by atoms with Gasteiger partial charge in [0.2, 0.25) is 5.82 Å². The molecular weight excluding hydrogens is 278 g/mol. The first kappa shape index (κ1) is 14.3. The maximum absolute atomic E-state index is 5.21. The lowest BCUT2D eigenvalue weighted by Gasteiger charge is -2.06. The van der Waals surface area contributed by atoms with E-state index in [4.69, 9.17) is 4.52 Å². The summed E-state index contributed by atoms with van der Waals surface area (Å²) in [5.74, 6) is 1.72. The smallest absolute Gasteiger partial charge is 0.321 e. The Labute approximate surface area is 129 Å². The van der Waals surface area contributed by atoms with Crippen LogP contribution in [0.3, 0.4) is 0 Å². The van der Waals surface area contributed by atoms with Crippen molar-refractivity contribution in [1.29, 1.82) is 0 Å². The van der Waals surface area contributed by atoms with Gasteiger partial charge in [-0.05, 0) is 6.42 Å². The van der Waals surface area contributed by atoms with Gasteiger partial charge in [0.25, 0.3) is 0 Å². The molecular formula is C16H19N5O. The van der Waals surface area contributed by atoms with Crippen molar-refractivity contribution in [3.8, 4) is 11.4 Å². The Hall–Kier alpha value is -2.63. The molecule has 0 fully saturated rings. The Morgan fingerprint density at radius 2 is 2.09 bits per heavy atom. The molecule has 0 saturated carbocycles. The highest BCUT2D eigenvalue weighted by Gasteiger charge is 2.07. The molecule has 0 amide bonds. The highest BCUT2D eigenvalue weighted by atomic mass is 16.5. The molecule has 0 spiro atoms. The number of nitrogens with one attached hydrogen (secondary N) is 1. The molecule has 0 aliphatic rings. The van der Waals surface area contributed by atoms with Crippen LogP contribution in [-0.4, -0.2) is 26.2 Å². The van der Waals surface area contributed by atoms with Gasteiger partial charge in [0.15, 0.2) is 0 Å². The Kier molecular flexibility index (Phi) is 4.48. The maximum Gasteiger partial charge on any atom is 0.321 e. The van der Waals surface area contributed by atoms with E-state index in [1.54, 1.807) is 0 Å². The van der Waals surface area contributed by atoms with E-state index >= 15 is 0 Å². The lowest BCUT2D eigenvalue weighted by molar-refractivity contribution is 0.431. The van der Waals surface area contributed by atoms with Gasteiger partial charge >= 0.3 is 6.01 Å². The molecule has 0 aliphatic heterocycles. The number of anilines is 1. The molecule has 0 unspecified atom stereocenters. The van der Waals surface area contributed by atoms with Crippen molar-refractivity contribution in [2.75, 3.05) is 11.9 Å². The van der Waals surface area contributed by atoms with Crippen molar-refractivity contribution in [2.24, 2.45) is 0 Å². The zero-order chi connectivity index (χ0) is 15.2. The number of rotatable bonds is 7. The fraction of sp³-hybridized carbons (Fsp3) is 0.312. The van der Waals surface area contributed by atoms with Crippen LogP contribution in [0.2, 0.25) is 0 Å². The largest absolute Gasteiger partial charge is 0.338 e. The first-order valence-corrected chi connectivity index (χ1v) is 7.50. The van der Waals surface area contributed by atoms with E-state index in [9.17, 15) is 0 Å². The Morgan fingerprint density at radius 1 is 1.23 bits per heavy atom. The highest BCUT2D eigenvalue weighted by molar-refractivity contribution is 5.54. The van der Waals surface area contributed by atoms with E-state index < -0.39 is 0 Å². The Bertz CT molecular complexity index is 704. The summed E-state index contributed by atoms with van der Waals surface area (Å²) in [6.45, 7) is 3.81. The zero-order valence-corrected chi connectivity index (χ0v) is 12.6. The minimum atomic E-state index is 0.459. The number of nitrogens with zero attached hydrogens (tertiary/aromatic N) is 4. The van der Waals surface area contributed by atoms with Gasteiger partial charge in [-0.3, -0.25) is 0 Å². The third-order valence-corrected chi connectivity index (χ3v) is 3.43. The zero-order valence-electron chi connectivity index (χ0n) is 12.6. The van der Waals surface area contributed by atoms with E-state index in [-0.39, 0.29) is 0 Å². The molecule has 2 aromatic heterocycles. The standard InChI is InChI=1S/C16H19N5O/c1-2-14-17-10-12-21(14)11-6-9-18-16-19-15(20-22-16)13-7-4-3-5-8-13/h3-5,7-8,10,12H,2,6,9,11H2,1H3,(H,18,19,20). The van der Waals surface area contributed by atoms with E-state index in [1.165, 1.54) is 0 Å². The number of aromatic nitrogens is 4. The van der Waals surface area contributed by atoms with Crippen molar-refractivity contribution in [3.63, 3.8) is 0 Å². The van der Waals surface area contributed by atoms with Gasteiger partial charge in [-0.25, -0.2) is 4.98 Å². The summed E-state index contributed by atoms with van der Waals surface area (Å²) < 4.78 is 7.38. The van der Waals surface area contributed by atoms with Crippen LogP contribution in [-0.2, 0) is 13.0 Å². The minimum absolute atomic E-state index is 0.459. The Balaban J connectivity index is 1.49. The number of aryl methyl sites for hydroxylation is 2. The van der Waals surface area contributed by atoms with Gasteiger partial charge in [-0.2, -0.15) is 4.98 Å². The normalized spacial score (nSPS) is 10.8. The average molecular weight is 297 g/mol. The third-order valence-electron chi connectivity index (χ3n) is 3.43. The highest BCUT2D eigenvalue weighted by Crippen LogP contribution is 2.16. The van der Waals surface area contributed by atoms with Crippen molar-refractivity contribution >= 4 is 6.01 Å². The van der Waals surface area contributed by atoms with Crippen LogP contribution in [0.5, 0.6) is 0 Å². The lowest BCUT2D eigenvalue weighted by atomic mass is 10.2. The van der Waals surface area contributed by atoms with Crippen molar-refractivity contribution in [1.82, 2.24) is 19.7 Å². The van der Waals surface area contributed by atoms with Crippen LogP contribution < -0.4 is 5.32 Å². The van der Waals surface area contributed by atoms with Crippen molar-refractivity contribution in [2.45, 2.75) is 26.3 Å². The first-order chi connectivity index (χ1) is 10.9. The average Bonchev–Trinajstić information content (AvgIpc) is 3.21. The topological polar surface area (TPSA) is 68.8 Å². The second-order valence-electron chi connectivity index (χ2n) is 4.96. The molecule has 0 saturated heterocycles. The molecule has 0 atom stereocenters. The molecule has 22 heavy (non-hydrogen) atoms. The summed E-state index contributed by atoms with van der Waals surface area (Å²) >= 11 is 0. The van der Waals surface area contributed by atoms with Gasteiger partial charge in [0, 0.05) is 37.5 Å². The van der Waals surface area contributed by atoms with Crippen LogP contribution in [0, 0.1) is 0 Å². The van der Waals surface area contributed by atoms with E-state index in [1.807, 2.05) is 42.7 Å². The molecule has 0 aliphatic carbocycles. The van der Waals surface area contributed by atoms with Crippen LogP contribution in [0.15, 0.2) is 47.2 Å². The number of benzene rings is 1. The number of hydrogen-bond acceptors (Lipinski definition) is 5. The summed E-state index contributed by atoms with van der Waals surface area (Å²) in [6.07, 6.45) is 5.77. The number of hydrogen-bond donors (Lipinski definition) is 1. The molecule has 2 heterocycles. The quantitative estimate of drug-likeness (QED) is 0.679. The van der Waals surface area contributed by atoms with Crippen LogP contribution in [0.4, 0.5) is 6.01 Å². The van der Waals surface area contributed by atoms with Gasteiger partial charge in [-0.1, -0.05) is 42.4 Å². The molecule has 114 valence electrons. The van der Waals surface area contributed by atoms with E-state index in [0.717, 1.165) is 37.3 Å². The Morgan fingerprint density at radius 3 is 2.91 bits per heavy atom. The summed E-state index contributed by atoms with van der Waals surface area (Å²) in [7, 11) is 0. The maximum atomic E-state index is 5.21. The molecule has 6 nitrogen and oxygen atoms in total. The van der Waals surface area contributed by atoms with Gasteiger partial charge in [-0.15, -0.1) is 0 Å². The van der Waals surface area contributed by atoms with Crippen LogP contribution >= 0.6 is 0 Å². The molecule has 0 bridgehead atoms. The SMILES string of the molecule is CCc1nccn1CCCNc1nc(-c2ccccc2)no1. The lowest BCUT2D eigenvalue weighted by Crippen LogP contribution is -2.08. The van der Waals surface area contributed by atoms with Gasteiger partial charge < -0.3 is 14.4 Å².